The molecule has 2 aromatic rings. The van der Waals surface area contributed by atoms with E-state index in [9.17, 15) is 9.59 Å². The van der Waals surface area contributed by atoms with Gasteiger partial charge >= 0.3 is 5.97 Å². The molecule has 0 aliphatic rings. The monoisotopic (exact) mass is 356 g/mol. The number of aryl methyl sites for hydroxylation is 2. The molecule has 0 atom stereocenters. The molecule has 1 amide bonds. The number of carbonyl (C=O) groups excluding carboxylic acids is 2. The zero-order chi connectivity index (χ0) is 18.8. The molecule has 6 heteroatoms. The third-order valence-electron chi connectivity index (χ3n) is 4.20. The molecule has 138 valence electrons. The number of amides is 1. The molecule has 0 saturated carbocycles. The van der Waals surface area contributed by atoms with Crippen molar-refractivity contribution in [1.82, 2.24) is 5.48 Å². The summed E-state index contributed by atoms with van der Waals surface area (Å²) in [5.74, 6) is 3.98. The summed E-state index contributed by atoms with van der Waals surface area (Å²) in [5.41, 5.74) is 5.86. The Morgan fingerprint density at radius 3 is 1.65 bits per heavy atom. The number of hydrogen-bond donors (Lipinski definition) is 3. The van der Waals surface area contributed by atoms with E-state index in [-0.39, 0.29) is 12.8 Å². The largest absolute Gasteiger partial charge is 0.373 e. The van der Waals surface area contributed by atoms with Crippen LogP contribution < -0.4 is 11.4 Å². The second-order valence-corrected chi connectivity index (χ2v) is 6.22. The van der Waals surface area contributed by atoms with Gasteiger partial charge in [0.15, 0.2) is 0 Å². The Bertz CT molecular complexity index is 648. The molecule has 0 unspecified atom stereocenters. The number of hydrogen-bond acceptors (Lipinski definition) is 5. The minimum Gasteiger partial charge on any atom is -0.373 e. The van der Waals surface area contributed by atoms with Crippen LogP contribution >= 0.6 is 0 Å². The highest BCUT2D eigenvalue weighted by Gasteiger charge is 2.04. The molecule has 0 radical (unpaired) electrons. The highest BCUT2D eigenvalue weighted by molar-refractivity contribution is 5.77. The van der Waals surface area contributed by atoms with Crippen LogP contribution in [-0.4, -0.2) is 17.1 Å². The zero-order valence-corrected chi connectivity index (χ0v) is 14.6. The molecule has 2 aromatic carbocycles. The van der Waals surface area contributed by atoms with Crippen LogP contribution in [0, 0.1) is 0 Å². The molecule has 0 bridgehead atoms. The summed E-state index contributed by atoms with van der Waals surface area (Å²) < 4.78 is 0. The molecule has 0 aromatic heterocycles. The molecular formula is C20H24N2O4. The van der Waals surface area contributed by atoms with Crippen LogP contribution in [0.3, 0.4) is 0 Å². The van der Waals surface area contributed by atoms with Crippen LogP contribution in [-0.2, 0) is 40.1 Å². The van der Waals surface area contributed by atoms with Gasteiger partial charge in [-0.1, -0.05) is 48.5 Å². The lowest BCUT2D eigenvalue weighted by atomic mass is 10.0. The van der Waals surface area contributed by atoms with Gasteiger partial charge in [0.25, 0.3) is 0 Å². The predicted octanol–water partition coefficient (Wildman–Crippen LogP) is 2.26. The Hall–Kier alpha value is -2.70. The van der Waals surface area contributed by atoms with Crippen molar-refractivity contribution in [1.29, 1.82) is 0 Å². The lowest BCUT2D eigenvalue weighted by Crippen LogP contribution is -2.20. The molecule has 0 saturated heterocycles. The number of hydroxylamine groups is 1. The van der Waals surface area contributed by atoms with E-state index < -0.39 is 11.9 Å². The second kappa shape index (κ2) is 10.3. The summed E-state index contributed by atoms with van der Waals surface area (Å²) in [5, 5.41) is 8.53. The van der Waals surface area contributed by atoms with Crippen molar-refractivity contribution in [2.24, 2.45) is 5.90 Å². The lowest BCUT2D eigenvalue weighted by Gasteiger charge is -2.05. The van der Waals surface area contributed by atoms with Gasteiger partial charge in [0, 0.05) is 0 Å². The van der Waals surface area contributed by atoms with Crippen molar-refractivity contribution in [3.05, 3.63) is 70.8 Å². The van der Waals surface area contributed by atoms with Gasteiger partial charge < -0.3 is 4.84 Å². The number of rotatable bonds is 9. The Labute approximate surface area is 152 Å². The Kier molecular flexibility index (Phi) is 7.79. The summed E-state index contributed by atoms with van der Waals surface area (Å²) in [6, 6.07) is 15.8. The van der Waals surface area contributed by atoms with Gasteiger partial charge in [-0.3, -0.25) is 14.8 Å². The first-order chi connectivity index (χ1) is 12.6. The fourth-order valence-corrected chi connectivity index (χ4v) is 2.74. The first kappa shape index (κ1) is 19.6. The van der Waals surface area contributed by atoms with E-state index in [1.54, 1.807) is 5.48 Å². The Balaban J connectivity index is 1.71. The van der Waals surface area contributed by atoms with Gasteiger partial charge in [0.2, 0.25) is 5.91 Å². The van der Waals surface area contributed by atoms with Gasteiger partial charge in [-0.05, 0) is 47.9 Å². The van der Waals surface area contributed by atoms with Gasteiger partial charge in [-0.25, -0.2) is 5.48 Å². The quantitative estimate of drug-likeness (QED) is 0.363. The third kappa shape index (κ3) is 6.66. The lowest BCUT2D eigenvalue weighted by molar-refractivity contribution is -0.143. The Morgan fingerprint density at radius 1 is 0.808 bits per heavy atom. The predicted molar refractivity (Wildman–Crippen MR) is 97.1 cm³/mol. The third-order valence-corrected chi connectivity index (χ3v) is 4.20. The minimum absolute atomic E-state index is 0.176. The van der Waals surface area contributed by atoms with E-state index >= 15 is 0 Å². The molecule has 0 aliphatic heterocycles. The summed E-state index contributed by atoms with van der Waals surface area (Å²) in [7, 11) is 0. The molecule has 26 heavy (non-hydrogen) atoms. The van der Waals surface area contributed by atoms with Gasteiger partial charge in [0.05, 0.1) is 12.8 Å². The fourth-order valence-electron chi connectivity index (χ4n) is 2.74. The van der Waals surface area contributed by atoms with Crippen LogP contribution in [0.5, 0.6) is 0 Å². The Morgan fingerprint density at radius 2 is 1.23 bits per heavy atom. The average molecular weight is 356 g/mol. The van der Waals surface area contributed by atoms with E-state index in [1.165, 1.54) is 11.1 Å². The molecule has 0 spiro atoms. The summed E-state index contributed by atoms with van der Waals surface area (Å²) in [4.78, 5) is 26.4. The molecule has 4 N–H and O–H groups in total. The maximum absolute atomic E-state index is 11.1. The number of nitrogens with one attached hydrogen (secondary N) is 1. The molecular weight excluding hydrogens is 332 g/mol. The first-order valence-corrected chi connectivity index (χ1v) is 8.59. The summed E-state index contributed by atoms with van der Waals surface area (Å²) in [6.07, 6.45) is 4.46. The number of benzene rings is 2. The van der Waals surface area contributed by atoms with Gasteiger partial charge in [0.1, 0.15) is 0 Å². The van der Waals surface area contributed by atoms with Crippen molar-refractivity contribution in [2.75, 3.05) is 0 Å². The van der Waals surface area contributed by atoms with E-state index in [2.05, 4.69) is 4.84 Å². The first-order valence-electron chi connectivity index (χ1n) is 8.59. The maximum atomic E-state index is 11.1. The van der Waals surface area contributed by atoms with Gasteiger partial charge in [-0.15, -0.1) is 0 Å². The normalized spacial score (nSPS) is 10.4. The van der Waals surface area contributed by atoms with Gasteiger partial charge in [-0.2, -0.15) is 5.90 Å². The van der Waals surface area contributed by atoms with E-state index in [1.807, 2.05) is 48.5 Å². The van der Waals surface area contributed by atoms with Crippen LogP contribution in [0.25, 0.3) is 0 Å². The average Bonchev–Trinajstić information content (AvgIpc) is 2.67. The van der Waals surface area contributed by atoms with E-state index in [0.29, 0.717) is 0 Å². The fraction of sp³-hybridized carbons (Fsp3) is 0.300. The molecule has 2 rings (SSSR count). The zero-order valence-electron chi connectivity index (χ0n) is 14.6. The van der Waals surface area contributed by atoms with Crippen molar-refractivity contribution in [3.63, 3.8) is 0 Å². The smallest absolute Gasteiger partial charge is 0.328 e. The van der Waals surface area contributed by atoms with Crippen LogP contribution in [0.1, 0.15) is 35.1 Å². The summed E-state index contributed by atoms with van der Waals surface area (Å²) >= 11 is 0. The van der Waals surface area contributed by atoms with Crippen LogP contribution in [0.2, 0.25) is 0 Å². The van der Waals surface area contributed by atoms with Crippen molar-refractivity contribution >= 4 is 11.9 Å². The summed E-state index contributed by atoms with van der Waals surface area (Å²) in [6.45, 7) is 0. The van der Waals surface area contributed by atoms with Crippen molar-refractivity contribution in [3.8, 4) is 0 Å². The molecule has 0 fully saturated rings. The van der Waals surface area contributed by atoms with E-state index in [4.69, 9.17) is 11.1 Å². The highest BCUT2D eigenvalue weighted by atomic mass is 16.7. The number of carbonyl (C=O) groups is 2. The number of nitrogens with two attached hydrogens (primary N) is 1. The SMILES string of the molecule is NOC(=O)Cc1ccc(CCCCc2ccc(CC(=O)NO)cc2)cc1. The molecule has 0 aliphatic carbocycles. The standard InChI is InChI=1S/C20H24N2O4/c21-26-20(24)14-18-11-7-16(8-12-18)4-2-1-3-15-5-9-17(10-6-15)13-19(23)22-25/h5-12,25H,1-4,13-14,21H2,(H,22,23). The number of unbranched alkanes of at least 4 members (excludes halogenated alkanes) is 1. The van der Waals surface area contributed by atoms with Crippen molar-refractivity contribution < 1.29 is 19.6 Å². The van der Waals surface area contributed by atoms with Crippen molar-refractivity contribution in [2.45, 2.75) is 38.5 Å². The van der Waals surface area contributed by atoms with Crippen LogP contribution in [0.4, 0.5) is 0 Å². The maximum Gasteiger partial charge on any atom is 0.328 e. The molecule has 0 heterocycles. The highest BCUT2D eigenvalue weighted by Crippen LogP contribution is 2.12. The minimum atomic E-state index is -0.444. The molecule has 6 nitrogen and oxygen atoms in total. The topological polar surface area (TPSA) is 102 Å². The van der Waals surface area contributed by atoms with Crippen LogP contribution in [0.15, 0.2) is 48.5 Å². The second-order valence-electron chi connectivity index (χ2n) is 6.22. The van der Waals surface area contributed by atoms with E-state index in [0.717, 1.165) is 36.8 Å².